The Morgan fingerprint density at radius 3 is 2.53 bits per heavy atom. The third kappa shape index (κ3) is 4.07. The fraction of sp³-hybridized carbons (Fsp3) is 0.571. The van der Waals surface area contributed by atoms with E-state index < -0.39 is 0 Å². The Morgan fingerprint density at radius 1 is 1.35 bits per heavy atom. The maximum absolute atomic E-state index is 13.7. The number of rotatable bonds is 6. The molecule has 0 spiro atoms. The van der Waals surface area contributed by atoms with Crippen LogP contribution < -0.4 is 0 Å². The molecule has 2 atom stereocenters. The zero-order valence-corrected chi connectivity index (χ0v) is 12.4. The Kier molecular flexibility index (Phi) is 6.14. The molecule has 0 amide bonds. The number of nitrogens with zero attached hydrogens (tertiary/aromatic N) is 1. The number of benzene rings is 1. The Bertz CT molecular complexity index is 339. The number of alkyl halides is 1. The van der Waals surface area contributed by atoms with Crippen LogP contribution in [-0.4, -0.2) is 23.8 Å². The van der Waals surface area contributed by atoms with Crippen LogP contribution in [0, 0.1) is 11.7 Å². The van der Waals surface area contributed by atoms with E-state index in [9.17, 15) is 4.39 Å². The van der Waals surface area contributed by atoms with Gasteiger partial charge in [0.2, 0.25) is 0 Å². The standard InChI is InChI=1S/C14H21BrFN/c1-4-12(9-15)10-17(3)11(2)13-7-5-6-8-14(13)16/h5-8,11-12H,4,9-10H2,1-3H3. The van der Waals surface area contributed by atoms with E-state index in [1.807, 2.05) is 12.1 Å². The Hall–Kier alpha value is -0.410. The zero-order chi connectivity index (χ0) is 12.8. The molecule has 0 aromatic heterocycles. The number of halogens is 2. The van der Waals surface area contributed by atoms with Gasteiger partial charge in [-0.25, -0.2) is 4.39 Å². The first kappa shape index (κ1) is 14.7. The van der Waals surface area contributed by atoms with Crippen LogP contribution in [-0.2, 0) is 0 Å². The molecule has 0 saturated heterocycles. The van der Waals surface area contributed by atoms with Gasteiger partial charge in [0.15, 0.2) is 0 Å². The normalized spacial score (nSPS) is 14.9. The highest BCUT2D eigenvalue weighted by Crippen LogP contribution is 2.23. The van der Waals surface area contributed by atoms with Gasteiger partial charge < -0.3 is 0 Å². The molecule has 0 fully saturated rings. The van der Waals surface area contributed by atoms with Crippen LogP contribution in [0.4, 0.5) is 4.39 Å². The van der Waals surface area contributed by atoms with Gasteiger partial charge in [0, 0.05) is 23.5 Å². The van der Waals surface area contributed by atoms with Gasteiger partial charge in [0.25, 0.3) is 0 Å². The van der Waals surface area contributed by atoms with Gasteiger partial charge in [-0.2, -0.15) is 0 Å². The van der Waals surface area contributed by atoms with Crippen molar-refractivity contribution in [3.8, 4) is 0 Å². The molecule has 0 aliphatic heterocycles. The van der Waals surface area contributed by atoms with E-state index in [1.54, 1.807) is 6.07 Å². The largest absolute Gasteiger partial charge is 0.299 e. The smallest absolute Gasteiger partial charge is 0.127 e. The van der Waals surface area contributed by atoms with Crippen LogP contribution in [0.25, 0.3) is 0 Å². The zero-order valence-electron chi connectivity index (χ0n) is 10.8. The first-order valence-electron chi connectivity index (χ1n) is 6.10. The van der Waals surface area contributed by atoms with Crippen molar-refractivity contribution in [1.82, 2.24) is 4.90 Å². The highest BCUT2D eigenvalue weighted by atomic mass is 79.9. The Labute approximate surface area is 112 Å². The molecule has 0 heterocycles. The Balaban J connectivity index is 2.69. The second kappa shape index (κ2) is 7.12. The van der Waals surface area contributed by atoms with Crippen molar-refractivity contribution in [3.05, 3.63) is 35.6 Å². The molecule has 3 heteroatoms. The van der Waals surface area contributed by atoms with Gasteiger partial charge in [-0.15, -0.1) is 0 Å². The molecule has 0 bridgehead atoms. The average Bonchev–Trinajstić information content (AvgIpc) is 2.35. The van der Waals surface area contributed by atoms with Gasteiger partial charge in [-0.1, -0.05) is 47.5 Å². The van der Waals surface area contributed by atoms with Crippen LogP contribution >= 0.6 is 15.9 Å². The van der Waals surface area contributed by atoms with Crippen LogP contribution in [0.2, 0.25) is 0 Å². The highest BCUT2D eigenvalue weighted by Gasteiger charge is 2.17. The summed E-state index contributed by atoms with van der Waals surface area (Å²) < 4.78 is 13.7. The molecule has 0 radical (unpaired) electrons. The predicted molar refractivity (Wildman–Crippen MR) is 75.0 cm³/mol. The summed E-state index contributed by atoms with van der Waals surface area (Å²) in [4.78, 5) is 2.22. The van der Waals surface area contributed by atoms with Crippen molar-refractivity contribution < 1.29 is 4.39 Å². The SMILES string of the molecule is CCC(CBr)CN(C)C(C)c1ccccc1F. The molecule has 2 unspecified atom stereocenters. The van der Waals surface area contributed by atoms with Gasteiger partial charge in [0.05, 0.1) is 0 Å². The molecular weight excluding hydrogens is 281 g/mol. The second-order valence-electron chi connectivity index (χ2n) is 4.57. The fourth-order valence-corrected chi connectivity index (χ4v) is 2.57. The lowest BCUT2D eigenvalue weighted by Gasteiger charge is -2.28. The molecule has 17 heavy (non-hydrogen) atoms. The topological polar surface area (TPSA) is 3.24 Å². The van der Waals surface area contributed by atoms with Crippen molar-refractivity contribution in [2.75, 3.05) is 18.9 Å². The monoisotopic (exact) mass is 301 g/mol. The van der Waals surface area contributed by atoms with Crippen molar-refractivity contribution >= 4 is 15.9 Å². The summed E-state index contributed by atoms with van der Waals surface area (Å²) >= 11 is 3.52. The van der Waals surface area contributed by atoms with Crippen LogP contribution in [0.5, 0.6) is 0 Å². The summed E-state index contributed by atoms with van der Waals surface area (Å²) in [6.45, 7) is 5.23. The minimum Gasteiger partial charge on any atom is -0.299 e. The van der Waals surface area contributed by atoms with Gasteiger partial charge in [-0.3, -0.25) is 4.90 Å². The average molecular weight is 302 g/mol. The lowest BCUT2D eigenvalue weighted by molar-refractivity contribution is 0.222. The number of hydrogen-bond donors (Lipinski definition) is 0. The van der Waals surface area contributed by atoms with E-state index in [0.717, 1.165) is 23.9 Å². The van der Waals surface area contributed by atoms with Crippen LogP contribution in [0.3, 0.4) is 0 Å². The van der Waals surface area contributed by atoms with Crippen LogP contribution in [0.1, 0.15) is 31.9 Å². The van der Waals surface area contributed by atoms with Crippen molar-refractivity contribution in [2.45, 2.75) is 26.3 Å². The molecule has 0 saturated carbocycles. The third-order valence-corrected chi connectivity index (χ3v) is 4.27. The minimum absolute atomic E-state index is 0.112. The van der Waals surface area contributed by atoms with E-state index >= 15 is 0 Å². The maximum Gasteiger partial charge on any atom is 0.127 e. The molecule has 1 aromatic rings. The van der Waals surface area contributed by atoms with Gasteiger partial charge >= 0.3 is 0 Å². The molecular formula is C14H21BrFN. The molecule has 1 nitrogen and oxygen atoms in total. The lowest BCUT2D eigenvalue weighted by atomic mass is 10.0. The number of hydrogen-bond acceptors (Lipinski definition) is 1. The Morgan fingerprint density at radius 2 is 2.00 bits per heavy atom. The summed E-state index contributed by atoms with van der Waals surface area (Å²) in [6.07, 6.45) is 1.14. The summed E-state index contributed by atoms with van der Waals surface area (Å²) in [5, 5.41) is 0.998. The first-order valence-corrected chi connectivity index (χ1v) is 7.22. The molecule has 96 valence electrons. The minimum atomic E-state index is -0.112. The van der Waals surface area contributed by atoms with E-state index in [0.29, 0.717) is 5.92 Å². The summed E-state index contributed by atoms with van der Waals surface area (Å²) in [7, 11) is 2.06. The summed E-state index contributed by atoms with van der Waals surface area (Å²) in [5.74, 6) is 0.507. The van der Waals surface area contributed by atoms with E-state index in [1.165, 1.54) is 6.07 Å². The van der Waals surface area contributed by atoms with Crippen LogP contribution in [0.15, 0.2) is 24.3 Å². The lowest BCUT2D eigenvalue weighted by Crippen LogP contribution is -2.29. The second-order valence-corrected chi connectivity index (χ2v) is 5.21. The predicted octanol–water partition coefficient (Wildman–Crippen LogP) is 4.24. The molecule has 1 rings (SSSR count). The first-order chi connectivity index (χ1) is 8.10. The van der Waals surface area contributed by atoms with Gasteiger partial charge in [-0.05, 0) is 26.0 Å². The third-order valence-electron chi connectivity index (χ3n) is 3.36. The summed E-state index contributed by atoms with van der Waals surface area (Å²) in [6, 6.07) is 7.14. The fourth-order valence-electron chi connectivity index (χ4n) is 1.90. The molecule has 0 aliphatic carbocycles. The quantitative estimate of drug-likeness (QED) is 0.710. The van der Waals surface area contributed by atoms with E-state index in [2.05, 4.69) is 41.7 Å². The van der Waals surface area contributed by atoms with Crippen molar-refractivity contribution in [3.63, 3.8) is 0 Å². The van der Waals surface area contributed by atoms with E-state index in [-0.39, 0.29) is 11.9 Å². The molecule has 1 aromatic carbocycles. The maximum atomic E-state index is 13.7. The molecule has 0 N–H and O–H groups in total. The summed E-state index contributed by atoms with van der Waals surface area (Å²) in [5.41, 5.74) is 0.777. The van der Waals surface area contributed by atoms with Crippen molar-refractivity contribution in [1.29, 1.82) is 0 Å². The highest BCUT2D eigenvalue weighted by molar-refractivity contribution is 9.09. The molecule has 0 aliphatic rings. The van der Waals surface area contributed by atoms with Gasteiger partial charge in [0.1, 0.15) is 5.82 Å². The van der Waals surface area contributed by atoms with E-state index in [4.69, 9.17) is 0 Å². The van der Waals surface area contributed by atoms with Crippen molar-refractivity contribution in [2.24, 2.45) is 5.92 Å².